The zero-order valence-corrected chi connectivity index (χ0v) is 14.3. The number of hydrogen-bond acceptors (Lipinski definition) is 4. The van der Waals surface area contributed by atoms with Gasteiger partial charge in [0, 0.05) is 16.3 Å². The van der Waals surface area contributed by atoms with Gasteiger partial charge in [0.1, 0.15) is 0 Å². The van der Waals surface area contributed by atoms with Crippen LogP contribution in [-0.4, -0.2) is 10.9 Å². The van der Waals surface area contributed by atoms with E-state index in [1.54, 1.807) is 36.5 Å². The van der Waals surface area contributed by atoms with Crippen molar-refractivity contribution in [2.24, 2.45) is 0 Å². The van der Waals surface area contributed by atoms with Crippen LogP contribution in [0.1, 0.15) is 15.9 Å². The van der Waals surface area contributed by atoms with E-state index >= 15 is 0 Å². The number of benzene rings is 2. The quantitative estimate of drug-likeness (QED) is 0.640. The third-order valence-electron chi connectivity index (χ3n) is 3.60. The summed E-state index contributed by atoms with van der Waals surface area (Å²) in [6.45, 7) is 2.02. The Balaban J connectivity index is 1.72. The zero-order valence-electron chi connectivity index (χ0n) is 13.6. The lowest BCUT2D eigenvalue weighted by atomic mass is 10.2. The van der Waals surface area contributed by atoms with Gasteiger partial charge >= 0.3 is 0 Å². The van der Waals surface area contributed by atoms with Crippen LogP contribution < -0.4 is 16.4 Å². The van der Waals surface area contributed by atoms with Crippen molar-refractivity contribution < 1.29 is 4.79 Å². The number of nitrogen functional groups attached to an aromatic ring is 1. The number of aromatic nitrogens is 1. The van der Waals surface area contributed by atoms with Crippen LogP contribution in [0.3, 0.4) is 0 Å². The lowest BCUT2D eigenvalue weighted by Gasteiger charge is -2.11. The lowest BCUT2D eigenvalue weighted by Crippen LogP contribution is -2.12. The number of carbonyl (C=O) groups excluding carboxylic acids is 1. The van der Waals surface area contributed by atoms with Crippen LogP contribution in [-0.2, 0) is 0 Å². The van der Waals surface area contributed by atoms with E-state index < -0.39 is 0 Å². The molecule has 0 aliphatic rings. The summed E-state index contributed by atoms with van der Waals surface area (Å²) in [5.74, 6) is 0.283. The van der Waals surface area contributed by atoms with Crippen molar-refractivity contribution in [1.82, 2.24) is 4.98 Å². The molecule has 0 saturated carbocycles. The van der Waals surface area contributed by atoms with Gasteiger partial charge in [-0.15, -0.1) is 0 Å². The first-order valence-corrected chi connectivity index (χ1v) is 8.05. The molecule has 0 spiro atoms. The molecule has 5 nitrogen and oxygen atoms in total. The number of nitrogens with one attached hydrogen (secondary N) is 2. The maximum absolute atomic E-state index is 12.2. The number of anilines is 4. The summed E-state index contributed by atoms with van der Waals surface area (Å²) in [4.78, 5) is 16.5. The molecule has 0 atom stereocenters. The first-order chi connectivity index (χ1) is 12.0. The Labute approximate surface area is 150 Å². The SMILES string of the molecule is Cc1ccc(Nc2ncc(NC(=O)c3ccc(Cl)cc3)cc2N)cc1. The minimum atomic E-state index is -0.253. The fourth-order valence-corrected chi connectivity index (χ4v) is 2.36. The van der Waals surface area contributed by atoms with E-state index in [1.165, 1.54) is 5.56 Å². The van der Waals surface area contributed by atoms with E-state index in [0.717, 1.165) is 5.69 Å². The molecule has 0 aliphatic heterocycles. The minimum absolute atomic E-state index is 0.253. The molecule has 25 heavy (non-hydrogen) atoms. The van der Waals surface area contributed by atoms with Gasteiger partial charge in [-0.25, -0.2) is 4.98 Å². The Hall–Kier alpha value is -3.05. The van der Waals surface area contributed by atoms with Gasteiger partial charge in [-0.2, -0.15) is 0 Å². The van der Waals surface area contributed by atoms with E-state index in [0.29, 0.717) is 27.8 Å². The molecular weight excluding hydrogens is 336 g/mol. The Morgan fingerprint density at radius 1 is 1.04 bits per heavy atom. The summed E-state index contributed by atoms with van der Waals surface area (Å²) in [5, 5.41) is 6.50. The summed E-state index contributed by atoms with van der Waals surface area (Å²) >= 11 is 5.82. The molecule has 6 heteroatoms. The van der Waals surface area contributed by atoms with E-state index in [1.807, 2.05) is 31.2 Å². The number of nitrogens with zero attached hydrogens (tertiary/aromatic N) is 1. The van der Waals surface area contributed by atoms with Crippen LogP contribution in [0.4, 0.5) is 22.9 Å². The Morgan fingerprint density at radius 2 is 1.72 bits per heavy atom. The molecule has 0 radical (unpaired) electrons. The molecule has 3 aromatic rings. The van der Waals surface area contributed by atoms with Crippen molar-refractivity contribution in [3.05, 3.63) is 76.9 Å². The molecule has 126 valence electrons. The number of rotatable bonds is 4. The molecule has 1 amide bonds. The predicted molar refractivity (Wildman–Crippen MR) is 103 cm³/mol. The third kappa shape index (κ3) is 4.28. The van der Waals surface area contributed by atoms with Crippen LogP contribution in [0.2, 0.25) is 5.02 Å². The molecule has 0 aliphatic carbocycles. The highest BCUT2D eigenvalue weighted by atomic mass is 35.5. The molecule has 1 aromatic heterocycles. The van der Waals surface area contributed by atoms with E-state index in [-0.39, 0.29) is 5.91 Å². The summed E-state index contributed by atoms with van der Waals surface area (Å²) < 4.78 is 0. The monoisotopic (exact) mass is 352 g/mol. The lowest BCUT2D eigenvalue weighted by molar-refractivity contribution is 0.102. The molecule has 0 fully saturated rings. The fourth-order valence-electron chi connectivity index (χ4n) is 2.23. The molecule has 1 heterocycles. The zero-order chi connectivity index (χ0) is 17.8. The highest BCUT2D eigenvalue weighted by Gasteiger charge is 2.08. The summed E-state index contributed by atoms with van der Waals surface area (Å²) in [6, 6.07) is 16.2. The van der Waals surface area contributed by atoms with Crippen LogP contribution in [0.25, 0.3) is 0 Å². The van der Waals surface area contributed by atoms with Crippen molar-refractivity contribution in [2.75, 3.05) is 16.4 Å². The van der Waals surface area contributed by atoms with Crippen LogP contribution in [0, 0.1) is 6.92 Å². The van der Waals surface area contributed by atoms with Crippen molar-refractivity contribution in [1.29, 1.82) is 0 Å². The van der Waals surface area contributed by atoms with Gasteiger partial charge in [0.05, 0.1) is 17.6 Å². The maximum atomic E-state index is 12.2. The standard InChI is InChI=1S/C19H17ClN4O/c1-12-2-8-15(9-3-12)23-18-17(21)10-16(11-22-18)24-19(25)13-4-6-14(20)7-5-13/h2-11H,21H2,1H3,(H,22,23)(H,24,25). The second-order valence-corrected chi connectivity index (χ2v) is 6.05. The van der Waals surface area contributed by atoms with Crippen molar-refractivity contribution >= 4 is 40.4 Å². The maximum Gasteiger partial charge on any atom is 0.255 e. The van der Waals surface area contributed by atoms with Gasteiger partial charge < -0.3 is 16.4 Å². The second-order valence-electron chi connectivity index (χ2n) is 5.61. The van der Waals surface area contributed by atoms with Crippen molar-refractivity contribution in [2.45, 2.75) is 6.92 Å². The number of halogens is 1. The number of aryl methyl sites for hydroxylation is 1. The minimum Gasteiger partial charge on any atom is -0.396 e. The molecular formula is C19H17ClN4O. The second kappa shape index (κ2) is 7.23. The highest BCUT2D eigenvalue weighted by molar-refractivity contribution is 6.30. The van der Waals surface area contributed by atoms with E-state index in [9.17, 15) is 4.79 Å². The normalized spacial score (nSPS) is 10.3. The Bertz CT molecular complexity index is 892. The van der Waals surface area contributed by atoms with Crippen LogP contribution >= 0.6 is 11.6 Å². The largest absolute Gasteiger partial charge is 0.396 e. The molecule has 3 rings (SSSR count). The summed E-state index contributed by atoms with van der Waals surface area (Å²) in [7, 11) is 0. The van der Waals surface area contributed by atoms with Crippen LogP contribution in [0.15, 0.2) is 60.8 Å². The van der Waals surface area contributed by atoms with Gasteiger partial charge in [0.2, 0.25) is 0 Å². The molecule has 0 unspecified atom stereocenters. The predicted octanol–water partition coefficient (Wildman–Crippen LogP) is 4.62. The first kappa shape index (κ1) is 16.8. The van der Waals surface area contributed by atoms with Gasteiger partial charge in [0.15, 0.2) is 5.82 Å². The summed E-state index contributed by atoms with van der Waals surface area (Å²) in [5.41, 5.74) is 9.57. The third-order valence-corrected chi connectivity index (χ3v) is 3.85. The summed E-state index contributed by atoms with van der Waals surface area (Å²) in [6.07, 6.45) is 1.56. The number of pyridine rings is 1. The average Bonchev–Trinajstić information content (AvgIpc) is 2.60. The molecule has 2 aromatic carbocycles. The number of hydrogen-bond donors (Lipinski definition) is 3. The number of nitrogens with two attached hydrogens (primary N) is 1. The van der Waals surface area contributed by atoms with E-state index in [2.05, 4.69) is 15.6 Å². The van der Waals surface area contributed by atoms with Gasteiger partial charge in [0.25, 0.3) is 5.91 Å². The topological polar surface area (TPSA) is 80.0 Å². The number of carbonyl (C=O) groups is 1. The Kier molecular flexibility index (Phi) is 4.86. The smallest absolute Gasteiger partial charge is 0.255 e. The molecule has 4 N–H and O–H groups in total. The van der Waals surface area contributed by atoms with Gasteiger partial charge in [-0.1, -0.05) is 29.3 Å². The Morgan fingerprint density at radius 3 is 2.36 bits per heavy atom. The van der Waals surface area contributed by atoms with Crippen LogP contribution in [0.5, 0.6) is 0 Å². The first-order valence-electron chi connectivity index (χ1n) is 7.67. The van der Waals surface area contributed by atoms with Gasteiger partial charge in [-0.05, 0) is 49.4 Å². The molecule has 0 saturated heterocycles. The molecule has 0 bridgehead atoms. The number of amides is 1. The average molecular weight is 353 g/mol. The van der Waals surface area contributed by atoms with Crippen molar-refractivity contribution in [3.8, 4) is 0 Å². The fraction of sp³-hybridized carbons (Fsp3) is 0.0526. The van der Waals surface area contributed by atoms with Crippen molar-refractivity contribution in [3.63, 3.8) is 0 Å². The van der Waals surface area contributed by atoms with Gasteiger partial charge in [-0.3, -0.25) is 4.79 Å². The van der Waals surface area contributed by atoms with E-state index in [4.69, 9.17) is 17.3 Å². The highest BCUT2D eigenvalue weighted by Crippen LogP contribution is 2.24.